The van der Waals surface area contributed by atoms with Crippen molar-refractivity contribution in [3.63, 3.8) is 0 Å². The van der Waals surface area contributed by atoms with Gasteiger partial charge in [-0.1, -0.05) is 0 Å². The van der Waals surface area contributed by atoms with E-state index in [1.54, 1.807) is 0 Å². The highest BCUT2D eigenvalue weighted by atomic mass is 16.5. The summed E-state index contributed by atoms with van der Waals surface area (Å²) in [7, 11) is 0. The first-order valence-electron chi connectivity index (χ1n) is 10.0. The van der Waals surface area contributed by atoms with Crippen LogP contribution in [0.2, 0.25) is 0 Å². The maximum Gasteiger partial charge on any atom is 0.250 e. The van der Waals surface area contributed by atoms with E-state index in [4.69, 9.17) is 14.6 Å². The Morgan fingerprint density at radius 2 is 1.39 bits per heavy atom. The topological polar surface area (TPSA) is 189 Å². The summed E-state index contributed by atoms with van der Waals surface area (Å²) in [6, 6.07) is 0. The van der Waals surface area contributed by atoms with Gasteiger partial charge in [0.25, 0.3) is 0 Å². The predicted molar refractivity (Wildman–Crippen MR) is 109 cm³/mol. The summed E-state index contributed by atoms with van der Waals surface area (Å²) < 4.78 is 10.7. The molecule has 3 heterocycles. The van der Waals surface area contributed by atoms with Crippen LogP contribution in [0, 0.1) is 0 Å². The van der Waals surface area contributed by atoms with Gasteiger partial charge in [0.05, 0.1) is 39.2 Å². The van der Waals surface area contributed by atoms with Crippen molar-refractivity contribution in [2.75, 3.05) is 74.4 Å². The van der Waals surface area contributed by atoms with Crippen molar-refractivity contribution in [3.05, 3.63) is 0 Å². The van der Waals surface area contributed by atoms with E-state index in [0.29, 0.717) is 64.5 Å². The minimum Gasteiger partial charge on any atom is -0.394 e. The number of aromatic nitrogens is 3. The molecule has 14 nitrogen and oxygen atoms in total. The molecule has 0 aromatic carbocycles. The van der Waals surface area contributed by atoms with Gasteiger partial charge in [-0.05, 0) is 0 Å². The molecule has 2 aliphatic heterocycles. The van der Waals surface area contributed by atoms with Crippen LogP contribution >= 0.6 is 0 Å². The largest absolute Gasteiger partial charge is 0.394 e. The average molecular weight is 443 g/mol. The molecule has 3 rings (SSSR count). The Morgan fingerprint density at radius 1 is 0.871 bits per heavy atom. The molecule has 4 unspecified atom stereocenters. The zero-order chi connectivity index (χ0) is 22.2. The van der Waals surface area contributed by atoms with Crippen LogP contribution < -0.4 is 15.2 Å². The third kappa shape index (κ3) is 6.39. The van der Waals surface area contributed by atoms with Crippen LogP contribution in [0.4, 0.5) is 17.8 Å². The van der Waals surface area contributed by atoms with Crippen LogP contribution in [-0.2, 0) is 9.47 Å². The molecule has 0 aliphatic carbocycles. The van der Waals surface area contributed by atoms with E-state index in [0.717, 1.165) is 6.21 Å². The van der Waals surface area contributed by atoms with Gasteiger partial charge in [0.1, 0.15) is 24.4 Å². The smallest absolute Gasteiger partial charge is 0.250 e. The van der Waals surface area contributed by atoms with Gasteiger partial charge in [0, 0.05) is 26.2 Å². The molecule has 0 radical (unpaired) electrons. The van der Waals surface area contributed by atoms with E-state index >= 15 is 0 Å². The molecule has 14 heteroatoms. The number of nitrogens with one attached hydrogen (secondary N) is 1. The number of rotatable bonds is 9. The van der Waals surface area contributed by atoms with Crippen molar-refractivity contribution < 1.29 is 35.0 Å². The number of ether oxygens (including phenoxy) is 2. The van der Waals surface area contributed by atoms with Crippen molar-refractivity contribution in [2.45, 2.75) is 24.4 Å². The first-order valence-corrected chi connectivity index (χ1v) is 10.0. The van der Waals surface area contributed by atoms with Gasteiger partial charge in [0.2, 0.25) is 17.8 Å². The minimum atomic E-state index is -1.75. The van der Waals surface area contributed by atoms with Crippen LogP contribution in [0.5, 0.6) is 0 Å². The number of anilines is 3. The van der Waals surface area contributed by atoms with Gasteiger partial charge in [-0.15, -0.1) is 0 Å². The first-order chi connectivity index (χ1) is 15.0. The number of aliphatic hydroxyl groups is 5. The highest BCUT2D eigenvalue weighted by molar-refractivity contribution is 5.64. The van der Waals surface area contributed by atoms with E-state index in [9.17, 15) is 20.4 Å². The monoisotopic (exact) mass is 443 g/mol. The molecular weight excluding hydrogens is 414 g/mol. The third-order valence-corrected chi connectivity index (χ3v) is 4.87. The zero-order valence-corrected chi connectivity index (χ0v) is 17.0. The van der Waals surface area contributed by atoms with E-state index in [1.807, 2.05) is 9.80 Å². The standard InChI is InChI=1S/C17H29N7O7/c25-10-12(27)14(29)13(28)11(26)9-18-22-15-19-16(23-1-5-30-6-2-23)21-17(20-15)24-3-7-31-8-4-24/h9,11-14,25-29H,1-8,10H2,(H,19,20,21,22)/b18-9-. The minimum absolute atomic E-state index is 0.131. The van der Waals surface area contributed by atoms with Gasteiger partial charge in [-0.2, -0.15) is 20.1 Å². The Morgan fingerprint density at radius 3 is 1.87 bits per heavy atom. The number of hydrogen-bond acceptors (Lipinski definition) is 14. The lowest BCUT2D eigenvalue weighted by molar-refractivity contribution is -0.0999. The van der Waals surface area contributed by atoms with Crippen molar-refractivity contribution >= 4 is 24.1 Å². The fourth-order valence-corrected chi connectivity index (χ4v) is 3.01. The van der Waals surface area contributed by atoms with Crippen molar-refractivity contribution in [2.24, 2.45) is 5.10 Å². The van der Waals surface area contributed by atoms with E-state index < -0.39 is 31.0 Å². The maximum atomic E-state index is 9.94. The van der Waals surface area contributed by atoms with Crippen LogP contribution in [-0.4, -0.2) is 130 Å². The predicted octanol–water partition coefficient (Wildman–Crippen LogP) is -3.62. The molecule has 0 saturated carbocycles. The zero-order valence-electron chi connectivity index (χ0n) is 17.0. The summed E-state index contributed by atoms with van der Waals surface area (Å²) in [5, 5.41) is 51.5. The van der Waals surface area contributed by atoms with Gasteiger partial charge >= 0.3 is 0 Å². The lowest BCUT2D eigenvalue weighted by Gasteiger charge is -2.30. The van der Waals surface area contributed by atoms with Crippen LogP contribution in [0.1, 0.15) is 0 Å². The second kappa shape index (κ2) is 11.4. The lowest BCUT2D eigenvalue weighted by atomic mass is 10.0. The summed E-state index contributed by atoms with van der Waals surface area (Å²) in [5.74, 6) is 1.05. The number of aliphatic hydroxyl groups excluding tert-OH is 5. The summed E-state index contributed by atoms with van der Waals surface area (Å²) >= 11 is 0. The lowest BCUT2D eigenvalue weighted by Crippen LogP contribution is -2.46. The molecule has 0 spiro atoms. The number of morpholine rings is 2. The Bertz CT molecular complexity index is 680. The van der Waals surface area contributed by atoms with Crippen LogP contribution in [0.3, 0.4) is 0 Å². The molecule has 31 heavy (non-hydrogen) atoms. The highest BCUT2D eigenvalue weighted by Gasteiger charge is 2.29. The third-order valence-electron chi connectivity index (χ3n) is 4.87. The Balaban J connectivity index is 1.72. The molecule has 1 aromatic rings. The van der Waals surface area contributed by atoms with Crippen LogP contribution in [0.25, 0.3) is 0 Å². The van der Waals surface area contributed by atoms with Crippen molar-refractivity contribution in [3.8, 4) is 0 Å². The fourth-order valence-electron chi connectivity index (χ4n) is 3.01. The highest BCUT2D eigenvalue weighted by Crippen LogP contribution is 2.18. The maximum absolute atomic E-state index is 9.94. The fraction of sp³-hybridized carbons (Fsp3) is 0.765. The molecule has 2 fully saturated rings. The molecule has 174 valence electrons. The summed E-state index contributed by atoms with van der Waals surface area (Å²) in [6.45, 7) is 4.00. The van der Waals surface area contributed by atoms with E-state index in [2.05, 4.69) is 25.5 Å². The van der Waals surface area contributed by atoms with E-state index in [1.165, 1.54) is 0 Å². The Hall–Kier alpha value is -2.20. The Labute approximate surface area is 178 Å². The second-order valence-electron chi connectivity index (χ2n) is 7.07. The first kappa shape index (κ1) is 23.5. The average Bonchev–Trinajstić information content (AvgIpc) is 2.83. The number of nitrogens with zero attached hydrogens (tertiary/aromatic N) is 6. The van der Waals surface area contributed by atoms with Crippen molar-refractivity contribution in [1.29, 1.82) is 0 Å². The molecule has 1 aromatic heterocycles. The SMILES string of the molecule is OCC(O)C(O)C(O)C(O)/C=N\Nc1nc(N2CCOCC2)nc(N2CCOCC2)n1. The van der Waals surface area contributed by atoms with Crippen LogP contribution in [0.15, 0.2) is 5.10 Å². The molecule has 2 saturated heterocycles. The second-order valence-corrected chi connectivity index (χ2v) is 7.07. The molecule has 0 bridgehead atoms. The normalized spacial score (nSPS) is 21.7. The van der Waals surface area contributed by atoms with Gasteiger partial charge in [-0.25, -0.2) is 5.43 Å². The summed E-state index contributed by atoms with van der Waals surface area (Å²) in [4.78, 5) is 17.2. The molecule has 6 N–H and O–H groups in total. The number of hydrazone groups is 1. The summed E-state index contributed by atoms with van der Waals surface area (Å²) in [6.07, 6.45) is -5.77. The molecular formula is C17H29N7O7. The molecule has 0 amide bonds. The quantitative estimate of drug-likeness (QED) is 0.162. The number of hydrogen-bond donors (Lipinski definition) is 6. The van der Waals surface area contributed by atoms with Gasteiger partial charge in [-0.3, -0.25) is 0 Å². The molecule has 2 aliphatic rings. The molecule has 4 atom stereocenters. The van der Waals surface area contributed by atoms with Crippen molar-refractivity contribution in [1.82, 2.24) is 15.0 Å². The van der Waals surface area contributed by atoms with Gasteiger partial charge < -0.3 is 44.8 Å². The van der Waals surface area contributed by atoms with E-state index in [-0.39, 0.29) is 5.95 Å². The van der Waals surface area contributed by atoms with Gasteiger partial charge in [0.15, 0.2) is 0 Å². The Kier molecular flexibility index (Phi) is 8.65. The summed E-state index contributed by atoms with van der Waals surface area (Å²) in [5.41, 5.74) is 2.60.